The van der Waals surface area contributed by atoms with Crippen LogP contribution in [0, 0.1) is 0 Å². The van der Waals surface area contributed by atoms with Crippen LogP contribution >= 0.6 is 11.8 Å². The summed E-state index contributed by atoms with van der Waals surface area (Å²) in [7, 11) is 0. The fourth-order valence-electron chi connectivity index (χ4n) is 1.19. The topological polar surface area (TPSA) is 26.0 Å². The zero-order valence-corrected chi connectivity index (χ0v) is 8.68. The molecule has 0 aliphatic rings. The van der Waals surface area contributed by atoms with Crippen molar-refractivity contribution in [1.82, 2.24) is 0 Å². The van der Waals surface area contributed by atoms with E-state index in [1.54, 1.807) is 11.8 Å². The maximum absolute atomic E-state index is 5.95. The van der Waals surface area contributed by atoms with Crippen molar-refractivity contribution in [2.24, 2.45) is 5.73 Å². The second kappa shape index (κ2) is 5.10. The molecular formula is C11H15NS. The van der Waals surface area contributed by atoms with Gasteiger partial charge in [-0.1, -0.05) is 18.2 Å². The zero-order valence-electron chi connectivity index (χ0n) is 7.86. The summed E-state index contributed by atoms with van der Waals surface area (Å²) in [6.45, 7) is 3.68. The van der Waals surface area contributed by atoms with Gasteiger partial charge in [0.1, 0.15) is 0 Å². The summed E-state index contributed by atoms with van der Waals surface area (Å²) in [5.74, 6) is 0. The van der Waals surface area contributed by atoms with Crippen LogP contribution in [0.2, 0.25) is 0 Å². The highest BCUT2D eigenvalue weighted by atomic mass is 32.2. The Bertz CT molecular complexity index is 283. The fourth-order valence-corrected chi connectivity index (χ4v) is 1.66. The molecule has 1 atom stereocenters. The molecule has 2 heteroatoms. The summed E-state index contributed by atoms with van der Waals surface area (Å²) < 4.78 is 0. The lowest BCUT2D eigenvalue weighted by Gasteiger charge is -2.09. The molecular weight excluding hydrogens is 178 g/mol. The second-order valence-electron chi connectivity index (χ2n) is 2.91. The molecule has 13 heavy (non-hydrogen) atoms. The fraction of sp³-hybridized carbons (Fsp3) is 0.273. The van der Waals surface area contributed by atoms with Crippen LogP contribution < -0.4 is 5.73 Å². The van der Waals surface area contributed by atoms with Crippen molar-refractivity contribution < 1.29 is 0 Å². The Labute approximate surface area is 84.0 Å². The molecule has 0 saturated carbocycles. The van der Waals surface area contributed by atoms with Crippen LogP contribution in [0.3, 0.4) is 0 Å². The summed E-state index contributed by atoms with van der Waals surface area (Å²) in [6, 6.07) is 8.43. The third kappa shape index (κ3) is 2.90. The van der Waals surface area contributed by atoms with Crippen LogP contribution in [-0.4, -0.2) is 6.26 Å². The van der Waals surface area contributed by atoms with Gasteiger partial charge in [0, 0.05) is 10.9 Å². The predicted octanol–water partition coefficient (Wildman–Crippen LogP) is 2.98. The molecule has 0 heterocycles. The molecule has 0 amide bonds. The van der Waals surface area contributed by atoms with Crippen molar-refractivity contribution in [3.63, 3.8) is 0 Å². The van der Waals surface area contributed by atoms with Gasteiger partial charge in [-0.25, -0.2) is 0 Å². The van der Waals surface area contributed by atoms with Crippen molar-refractivity contribution in [1.29, 1.82) is 0 Å². The predicted molar refractivity (Wildman–Crippen MR) is 60.0 cm³/mol. The Kier molecular flexibility index (Phi) is 4.06. The molecule has 1 aromatic carbocycles. The summed E-state index contributed by atoms with van der Waals surface area (Å²) in [5.41, 5.74) is 7.14. The summed E-state index contributed by atoms with van der Waals surface area (Å²) in [5, 5.41) is 0. The maximum atomic E-state index is 5.95. The van der Waals surface area contributed by atoms with E-state index in [1.807, 2.05) is 12.1 Å². The average Bonchev–Trinajstić information content (AvgIpc) is 2.18. The molecule has 1 nitrogen and oxygen atoms in total. The minimum atomic E-state index is 0.0876. The number of nitrogens with two attached hydrogens (primary N) is 1. The lowest BCUT2D eigenvalue weighted by Crippen LogP contribution is -2.08. The van der Waals surface area contributed by atoms with E-state index in [4.69, 9.17) is 5.73 Å². The first-order valence-corrected chi connectivity index (χ1v) is 5.51. The number of benzene rings is 1. The van der Waals surface area contributed by atoms with Crippen molar-refractivity contribution in [2.45, 2.75) is 17.4 Å². The highest BCUT2D eigenvalue weighted by Crippen LogP contribution is 2.20. The average molecular weight is 193 g/mol. The Balaban J connectivity index is 2.81. The van der Waals surface area contributed by atoms with Gasteiger partial charge in [0.05, 0.1) is 0 Å². The van der Waals surface area contributed by atoms with E-state index in [0.29, 0.717) is 0 Å². The molecule has 0 fully saturated rings. The highest BCUT2D eigenvalue weighted by molar-refractivity contribution is 7.98. The molecule has 1 aromatic rings. The maximum Gasteiger partial charge on any atom is 0.0330 e. The monoisotopic (exact) mass is 193 g/mol. The first-order valence-electron chi connectivity index (χ1n) is 4.28. The van der Waals surface area contributed by atoms with Crippen molar-refractivity contribution >= 4 is 11.8 Å². The zero-order chi connectivity index (χ0) is 9.68. The second-order valence-corrected chi connectivity index (χ2v) is 3.79. The molecule has 0 spiro atoms. The SMILES string of the molecule is C=CCC(N)c1cccc(SC)c1. The summed E-state index contributed by atoms with van der Waals surface area (Å²) in [4.78, 5) is 1.26. The first kappa shape index (κ1) is 10.4. The van der Waals surface area contributed by atoms with E-state index in [0.717, 1.165) is 6.42 Å². The number of hydrogen-bond acceptors (Lipinski definition) is 2. The Hall–Kier alpha value is -0.730. The molecule has 0 bridgehead atoms. The van der Waals surface area contributed by atoms with Crippen LogP contribution in [-0.2, 0) is 0 Å². The molecule has 0 aliphatic heterocycles. The van der Waals surface area contributed by atoms with Crippen LogP contribution in [0.5, 0.6) is 0 Å². The largest absolute Gasteiger partial charge is 0.324 e. The quantitative estimate of drug-likeness (QED) is 0.587. The van der Waals surface area contributed by atoms with Crippen molar-refractivity contribution in [2.75, 3.05) is 6.26 Å². The highest BCUT2D eigenvalue weighted by Gasteiger charge is 2.03. The van der Waals surface area contributed by atoms with Gasteiger partial charge in [-0.15, -0.1) is 18.3 Å². The number of rotatable bonds is 4. The Morgan fingerprint density at radius 1 is 1.62 bits per heavy atom. The number of thioether (sulfide) groups is 1. The van der Waals surface area contributed by atoms with Gasteiger partial charge in [0.2, 0.25) is 0 Å². The van der Waals surface area contributed by atoms with E-state index < -0.39 is 0 Å². The summed E-state index contributed by atoms with van der Waals surface area (Å²) in [6.07, 6.45) is 4.76. The molecule has 0 saturated heterocycles. The number of hydrogen-bond donors (Lipinski definition) is 1. The molecule has 1 rings (SSSR count). The van der Waals surface area contributed by atoms with Gasteiger partial charge in [-0.2, -0.15) is 0 Å². The standard InChI is InChI=1S/C11H15NS/c1-3-5-11(12)9-6-4-7-10(8-9)13-2/h3-4,6-8,11H,1,5,12H2,2H3. The van der Waals surface area contributed by atoms with E-state index in [1.165, 1.54) is 10.5 Å². The van der Waals surface area contributed by atoms with Crippen LogP contribution in [0.15, 0.2) is 41.8 Å². The lowest BCUT2D eigenvalue weighted by molar-refractivity contribution is 0.739. The van der Waals surface area contributed by atoms with Crippen LogP contribution in [0.25, 0.3) is 0 Å². The Morgan fingerprint density at radius 2 is 2.38 bits per heavy atom. The minimum absolute atomic E-state index is 0.0876. The van der Waals surface area contributed by atoms with Crippen molar-refractivity contribution in [3.05, 3.63) is 42.5 Å². The van der Waals surface area contributed by atoms with E-state index >= 15 is 0 Å². The smallest absolute Gasteiger partial charge is 0.0330 e. The molecule has 2 N–H and O–H groups in total. The minimum Gasteiger partial charge on any atom is -0.324 e. The Morgan fingerprint density at radius 3 is 3.00 bits per heavy atom. The molecule has 0 aliphatic carbocycles. The van der Waals surface area contributed by atoms with Crippen molar-refractivity contribution in [3.8, 4) is 0 Å². The first-order chi connectivity index (χ1) is 6.27. The molecule has 70 valence electrons. The van der Waals surface area contributed by atoms with Gasteiger partial charge in [0.15, 0.2) is 0 Å². The molecule has 0 aromatic heterocycles. The molecule has 1 unspecified atom stereocenters. The van der Waals surface area contributed by atoms with E-state index in [9.17, 15) is 0 Å². The normalized spacial score (nSPS) is 12.5. The van der Waals surface area contributed by atoms with E-state index in [-0.39, 0.29) is 6.04 Å². The van der Waals surface area contributed by atoms with E-state index in [2.05, 4.69) is 31.0 Å². The van der Waals surface area contributed by atoms with Gasteiger partial charge >= 0.3 is 0 Å². The third-order valence-electron chi connectivity index (χ3n) is 1.94. The summed E-state index contributed by atoms with van der Waals surface area (Å²) >= 11 is 1.74. The van der Waals surface area contributed by atoms with Gasteiger partial charge < -0.3 is 5.73 Å². The van der Waals surface area contributed by atoms with Gasteiger partial charge in [0.25, 0.3) is 0 Å². The van der Waals surface area contributed by atoms with Crippen LogP contribution in [0.4, 0.5) is 0 Å². The van der Waals surface area contributed by atoms with Gasteiger partial charge in [-0.3, -0.25) is 0 Å². The lowest BCUT2D eigenvalue weighted by atomic mass is 10.1. The van der Waals surface area contributed by atoms with Gasteiger partial charge in [-0.05, 0) is 30.4 Å². The molecule has 0 radical (unpaired) electrons. The third-order valence-corrected chi connectivity index (χ3v) is 2.67. The van der Waals surface area contributed by atoms with Crippen LogP contribution in [0.1, 0.15) is 18.0 Å².